The molecule has 21 heavy (non-hydrogen) atoms. The average Bonchev–Trinajstić information content (AvgIpc) is 2.36. The van der Waals surface area contributed by atoms with Gasteiger partial charge in [-0.2, -0.15) is 4.31 Å². The molecule has 0 aliphatic heterocycles. The molecule has 1 aromatic rings. The number of carboxylic acids is 1. The van der Waals surface area contributed by atoms with E-state index < -0.39 is 31.4 Å². The summed E-state index contributed by atoms with van der Waals surface area (Å²) in [6, 6.07) is 4.62. The SMILES string of the molecule is CN(C(C)(C)C(=O)O)S(=O)(=O)c1ccc(S(C)(=O)=O)cc1. The number of sulfone groups is 1. The highest BCUT2D eigenvalue weighted by atomic mass is 32.2. The van der Waals surface area contributed by atoms with Crippen LogP contribution in [0, 0.1) is 0 Å². The van der Waals surface area contributed by atoms with E-state index in [1.807, 2.05) is 0 Å². The first-order valence-corrected chi connectivity index (χ1v) is 9.17. The highest BCUT2D eigenvalue weighted by Crippen LogP contribution is 2.24. The zero-order valence-corrected chi connectivity index (χ0v) is 13.7. The molecule has 0 bridgehead atoms. The van der Waals surface area contributed by atoms with Crippen LogP contribution in [0.1, 0.15) is 13.8 Å². The van der Waals surface area contributed by atoms with Crippen LogP contribution < -0.4 is 0 Å². The monoisotopic (exact) mass is 335 g/mol. The topological polar surface area (TPSA) is 109 Å². The van der Waals surface area contributed by atoms with Gasteiger partial charge in [-0.05, 0) is 38.1 Å². The maximum atomic E-state index is 12.4. The zero-order valence-electron chi connectivity index (χ0n) is 12.1. The molecule has 0 amide bonds. The van der Waals surface area contributed by atoms with Gasteiger partial charge in [0, 0.05) is 13.3 Å². The number of carboxylic acid groups (broad SMARTS) is 1. The van der Waals surface area contributed by atoms with Gasteiger partial charge in [0.1, 0.15) is 5.54 Å². The maximum Gasteiger partial charge on any atom is 0.324 e. The van der Waals surface area contributed by atoms with Gasteiger partial charge in [0.15, 0.2) is 9.84 Å². The third-order valence-corrected chi connectivity index (χ3v) is 6.39. The summed E-state index contributed by atoms with van der Waals surface area (Å²) in [5.41, 5.74) is -1.63. The van der Waals surface area contributed by atoms with Gasteiger partial charge in [-0.25, -0.2) is 16.8 Å². The van der Waals surface area contributed by atoms with Gasteiger partial charge >= 0.3 is 5.97 Å². The molecule has 0 aliphatic rings. The highest BCUT2D eigenvalue weighted by Gasteiger charge is 2.40. The van der Waals surface area contributed by atoms with Crippen molar-refractivity contribution in [1.29, 1.82) is 0 Å². The van der Waals surface area contributed by atoms with E-state index in [-0.39, 0.29) is 9.79 Å². The van der Waals surface area contributed by atoms with Crippen molar-refractivity contribution in [2.24, 2.45) is 0 Å². The van der Waals surface area contributed by atoms with Crippen molar-refractivity contribution in [1.82, 2.24) is 4.31 Å². The van der Waals surface area contributed by atoms with E-state index >= 15 is 0 Å². The van der Waals surface area contributed by atoms with E-state index in [0.29, 0.717) is 0 Å². The molecule has 0 spiro atoms. The van der Waals surface area contributed by atoms with Crippen LogP contribution in [0.4, 0.5) is 0 Å². The van der Waals surface area contributed by atoms with Gasteiger partial charge < -0.3 is 5.11 Å². The maximum absolute atomic E-state index is 12.4. The molecule has 0 aliphatic carbocycles. The lowest BCUT2D eigenvalue weighted by Crippen LogP contribution is -2.50. The highest BCUT2D eigenvalue weighted by molar-refractivity contribution is 7.90. The number of hydrogen-bond acceptors (Lipinski definition) is 5. The second kappa shape index (κ2) is 5.39. The number of hydrogen-bond donors (Lipinski definition) is 1. The molecule has 1 aromatic carbocycles. The Morgan fingerprint density at radius 2 is 1.43 bits per heavy atom. The third kappa shape index (κ3) is 3.42. The van der Waals surface area contributed by atoms with Crippen molar-refractivity contribution in [2.75, 3.05) is 13.3 Å². The fraction of sp³-hybridized carbons (Fsp3) is 0.417. The van der Waals surface area contributed by atoms with Crippen molar-refractivity contribution < 1.29 is 26.7 Å². The zero-order chi connectivity index (χ0) is 16.6. The molecule has 7 nitrogen and oxygen atoms in total. The number of likely N-dealkylation sites (N-methyl/N-ethyl adjacent to an activating group) is 1. The molecule has 0 saturated carbocycles. The Morgan fingerprint density at radius 3 is 1.76 bits per heavy atom. The minimum absolute atomic E-state index is 0.0124. The molecule has 9 heteroatoms. The first-order chi connectivity index (χ1) is 9.31. The lowest BCUT2D eigenvalue weighted by Gasteiger charge is -2.30. The Bertz CT molecular complexity index is 747. The fourth-order valence-corrected chi connectivity index (χ4v) is 3.56. The molecule has 0 atom stereocenters. The number of sulfonamides is 1. The summed E-state index contributed by atoms with van der Waals surface area (Å²) in [7, 11) is -6.32. The Hall–Kier alpha value is -1.45. The van der Waals surface area contributed by atoms with Gasteiger partial charge in [0.05, 0.1) is 9.79 Å². The van der Waals surface area contributed by atoms with Crippen LogP contribution in [0.2, 0.25) is 0 Å². The number of benzene rings is 1. The predicted octanol–water partition coefficient (Wildman–Crippen LogP) is 0.574. The van der Waals surface area contributed by atoms with E-state index in [2.05, 4.69) is 0 Å². The summed E-state index contributed by atoms with van der Waals surface area (Å²) < 4.78 is 48.1. The number of rotatable bonds is 5. The van der Waals surface area contributed by atoms with Gasteiger partial charge in [-0.3, -0.25) is 4.79 Å². The van der Waals surface area contributed by atoms with Gasteiger partial charge in [0.25, 0.3) is 0 Å². The first-order valence-electron chi connectivity index (χ1n) is 5.84. The second-order valence-corrected chi connectivity index (χ2v) is 9.07. The summed E-state index contributed by atoms with van der Waals surface area (Å²) in [6.07, 6.45) is 1.01. The van der Waals surface area contributed by atoms with Crippen LogP contribution in [0.25, 0.3) is 0 Å². The summed E-state index contributed by atoms with van der Waals surface area (Å²) in [5, 5.41) is 9.09. The van der Waals surface area contributed by atoms with E-state index in [4.69, 9.17) is 5.11 Å². The molecular formula is C12H17NO6S2. The van der Waals surface area contributed by atoms with Crippen LogP contribution in [0.15, 0.2) is 34.1 Å². The summed E-state index contributed by atoms with van der Waals surface area (Å²) >= 11 is 0. The largest absolute Gasteiger partial charge is 0.480 e. The molecule has 0 unspecified atom stereocenters. The van der Waals surface area contributed by atoms with Crippen LogP contribution in [-0.2, 0) is 24.7 Å². The Morgan fingerprint density at radius 1 is 1.05 bits per heavy atom. The summed E-state index contributed by atoms with van der Waals surface area (Å²) in [4.78, 5) is 11.0. The number of carbonyl (C=O) groups is 1. The van der Waals surface area contributed by atoms with Gasteiger partial charge in [-0.1, -0.05) is 0 Å². The number of aliphatic carboxylic acids is 1. The fourth-order valence-electron chi connectivity index (χ4n) is 1.45. The molecule has 0 fully saturated rings. The van der Waals surface area contributed by atoms with E-state index in [1.165, 1.54) is 26.0 Å². The normalized spacial score (nSPS) is 13.4. The summed E-state index contributed by atoms with van der Waals surface area (Å²) in [6.45, 7) is 2.52. The Kier molecular flexibility index (Phi) is 4.52. The summed E-state index contributed by atoms with van der Waals surface area (Å²) in [5.74, 6) is -1.29. The van der Waals surface area contributed by atoms with Crippen molar-refractivity contribution >= 4 is 25.8 Å². The minimum atomic E-state index is -4.05. The Balaban J connectivity index is 3.30. The first kappa shape index (κ1) is 17.6. The van der Waals surface area contributed by atoms with Gasteiger partial charge in [-0.15, -0.1) is 0 Å². The van der Waals surface area contributed by atoms with Crippen molar-refractivity contribution in [2.45, 2.75) is 29.2 Å². The van der Waals surface area contributed by atoms with Crippen molar-refractivity contribution in [3.05, 3.63) is 24.3 Å². The smallest absolute Gasteiger partial charge is 0.324 e. The quantitative estimate of drug-likeness (QED) is 0.843. The molecule has 0 aromatic heterocycles. The lowest BCUT2D eigenvalue weighted by molar-refractivity contribution is -0.145. The van der Waals surface area contributed by atoms with E-state index in [9.17, 15) is 21.6 Å². The van der Waals surface area contributed by atoms with Crippen molar-refractivity contribution in [3.63, 3.8) is 0 Å². The molecule has 0 heterocycles. The average molecular weight is 335 g/mol. The predicted molar refractivity (Wildman–Crippen MR) is 76.2 cm³/mol. The van der Waals surface area contributed by atoms with E-state index in [1.54, 1.807) is 0 Å². The van der Waals surface area contributed by atoms with Gasteiger partial charge in [0.2, 0.25) is 10.0 Å². The molecule has 1 N–H and O–H groups in total. The van der Waals surface area contributed by atoms with Crippen LogP contribution in [-0.4, -0.2) is 51.1 Å². The molecule has 0 saturated heterocycles. The molecular weight excluding hydrogens is 318 g/mol. The third-order valence-electron chi connectivity index (χ3n) is 3.22. The molecule has 1 rings (SSSR count). The molecule has 0 radical (unpaired) electrons. The Labute approximate surface area is 124 Å². The molecule has 118 valence electrons. The minimum Gasteiger partial charge on any atom is -0.480 e. The lowest BCUT2D eigenvalue weighted by atomic mass is 10.1. The standard InChI is InChI=1S/C12H17NO6S2/c1-12(2,11(14)15)13(3)21(18,19)10-7-5-9(6-8-10)20(4,16)17/h5-8H,1-4H3,(H,14,15). The van der Waals surface area contributed by atoms with Crippen molar-refractivity contribution in [3.8, 4) is 0 Å². The van der Waals surface area contributed by atoms with Crippen LogP contribution >= 0.6 is 0 Å². The second-order valence-electron chi connectivity index (χ2n) is 5.08. The number of nitrogens with zero attached hydrogens (tertiary/aromatic N) is 1. The van der Waals surface area contributed by atoms with E-state index in [0.717, 1.165) is 29.7 Å². The van der Waals surface area contributed by atoms with Crippen LogP contribution in [0.3, 0.4) is 0 Å². The van der Waals surface area contributed by atoms with Crippen LogP contribution in [0.5, 0.6) is 0 Å².